The molecule has 0 bridgehead atoms. The topological polar surface area (TPSA) is 115 Å². The number of non-ortho nitro benzene ring substituents is 1. The second kappa shape index (κ2) is 10.6. The number of nitro benzene ring substituents is 1. The van der Waals surface area contributed by atoms with E-state index in [1.54, 1.807) is 13.0 Å². The van der Waals surface area contributed by atoms with Gasteiger partial charge in [-0.25, -0.2) is 4.99 Å². The second-order valence-electron chi connectivity index (χ2n) is 10.6. The molecule has 2 aliphatic rings. The molecule has 1 saturated heterocycles. The van der Waals surface area contributed by atoms with Crippen LogP contribution in [0.5, 0.6) is 5.88 Å². The molecule has 9 heteroatoms. The molecular weight excluding hydrogens is 506 g/mol. The number of rotatable bonds is 6. The van der Waals surface area contributed by atoms with Crippen molar-refractivity contribution in [3.05, 3.63) is 98.6 Å². The third kappa shape index (κ3) is 5.08. The lowest BCUT2D eigenvalue weighted by Crippen LogP contribution is -2.34. The molecule has 2 aliphatic heterocycles. The lowest BCUT2D eigenvalue weighted by Gasteiger charge is -2.28. The average molecular weight is 538 g/mol. The summed E-state index contributed by atoms with van der Waals surface area (Å²) in [4.78, 5) is 35.2. The normalized spacial score (nSPS) is 15.9. The second-order valence-corrected chi connectivity index (χ2v) is 10.6. The predicted octanol–water partition coefficient (Wildman–Crippen LogP) is 5.45. The van der Waals surface area contributed by atoms with Crippen LogP contribution in [0.4, 0.5) is 11.4 Å². The Kier molecular flexibility index (Phi) is 6.81. The SMILES string of the molecule is CC(=O)N1CCc2cc(N=C(c3ccc(CN4CCCC4)cc3)c3c(O)[nH]c4ccc([N+](=O)[O-])cc34)ccc2C1. The number of aromatic amines is 1. The van der Waals surface area contributed by atoms with Gasteiger partial charge in [-0.2, -0.15) is 0 Å². The van der Waals surface area contributed by atoms with Gasteiger partial charge in [0.2, 0.25) is 5.91 Å². The number of carbonyl (C=O) groups excluding carboxylic acids is 1. The molecule has 0 saturated carbocycles. The van der Waals surface area contributed by atoms with Crippen molar-refractivity contribution in [1.29, 1.82) is 0 Å². The average Bonchev–Trinajstić information content (AvgIpc) is 3.58. The number of aromatic hydroxyl groups is 1. The number of benzene rings is 3. The number of nitrogens with one attached hydrogen (secondary N) is 1. The van der Waals surface area contributed by atoms with E-state index in [9.17, 15) is 20.0 Å². The van der Waals surface area contributed by atoms with E-state index in [0.29, 0.717) is 41.0 Å². The summed E-state index contributed by atoms with van der Waals surface area (Å²) in [5.41, 5.74) is 6.43. The summed E-state index contributed by atoms with van der Waals surface area (Å²) in [5, 5.41) is 23.1. The third-order valence-corrected chi connectivity index (χ3v) is 7.93. The number of aromatic nitrogens is 1. The van der Waals surface area contributed by atoms with Crippen molar-refractivity contribution >= 4 is 33.9 Å². The minimum Gasteiger partial charge on any atom is -0.494 e. The summed E-state index contributed by atoms with van der Waals surface area (Å²) in [5.74, 6) is -0.0300. The Morgan fingerprint density at radius 1 is 1.02 bits per heavy atom. The van der Waals surface area contributed by atoms with Gasteiger partial charge >= 0.3 is 0 Å². The van der Waals surface area contributed by atoms with Gasteiger partial charge in [-0.1, -0.05) is 30.3 Å². The van der Waals surface area contributed by atoms with Crippen molar-refractivity contribution in [3.8, 4) is 5.88 Å². The molecule has 4 aromatic rings. The summed E-state index contributed by atoms with van der Waals surface area (Å²) in [7, 11) is 0. The number of nitro groups is 1. The molecule has 1 aromatic heterocycles. The maximum Gasteiger partial charge on any atom is 0.270 e. The zero-order valence-corrected chi connectivity index (χ0v) is 22.4. The van der Waals surface area contributed by atoms with E-state index >= 15 is 0 Å². The number of carbonyl (C=O) groups is 1. The highest BCUT2D eigenvalue weighted by atomic mass is 16.6. The van der Waals surface area contributed by atoms with E-state index in [1.165, 1.54) is 30.5 Å². The van der Waals surface area contributed by atoms with E-state index in [2.05, 4.69) is 22.0 Å². The Bertz CT molecular complexity index is 1630. The maximum atomic E-state index is 11.9. The molecule has 0 spiro atoms. The Morgan fingerprint density at radius 2 is 1.80 bits per heavy atom. The van der Waals surface area contributed by atoms with Crippen molar-refractivity contribution in [2.24, 2.45) is 4.99 Å². The molecule has 0 radical (unpaired) electrons. The van der Waals surface area contributed by atoms with Crippen LogP contribution in [-0.4, -0.2) is 56.1 Å². The molecule has 0 unspecified atom stereocenters. The van der Waals surface area contributed by atoms with E-state index < -0.39 is 4.92 Å². The van der Waals surface area contributed by atoms with Gasteiger partial charge in [0.1, 0.15) is 0 Å². The van der Waals surface area contributed by atoms with Gasteiger partial charge in [-0.05, 0) is 67.2 Å². The number of aliphatic imine (C=N–C) groups is 1. The predicted molar refractivity (Wildman–Crippen MR) is 154 cm³/mol. The van der Waals surface area contributed by atoms with Gasteiger partial charge in [0.25, 0.3) is 5.69 Å². The third-order valence-electron chi connectivity index (χ3n) is 7.93. The minimum atomic E-state index is -0.439. The van der Waals surface area contributed by atoms with Crippen LogP contribution in [0.1, 0.15) is 47.6 Å². The zero-order valence-electron chi connectivity index (χ0n) is 22.4. The summed E-state index contributed by atoms with van der Waals surface area (Å²) in [6.07, 6.45) is 3.20. The highest BCUT2D eigenvalue weighted by Gasteiger charge is 2.23. The lowest BCUT2D eigenvalue weighted by molar-refractivity contribution is -0.384. The molecule has 3 aromatic carbocycles. The summed E-state index contributed by atoms with van der Waals surface area (Å²) in [6, 6.07) is 18.6. The van der Waals surface area contributed by atoms with Gasteiger partial charge in [-0.3, -0.25) is 19.8 Å². The molecule has 0 aliphatic carbocycles. The Balaban J connectivity index is 1.44. The Morgan fingerprint density at radius 3 is 2.52 bits per heavy atom. The monoisotopic (exact) mass is 537 g/mol. The minimum absolute atomic E-state index is 0.0585. The largest absolute Gasteiger partial charge is 0.494 e. The number of hydrogen-bond donors (Lipinski definition) is 2. The standard InChI is InChI=1S/C31H31N5O4/c1-20(37)35-15-12-23-16-25(9-8-24(23)19-35)32-30(22-6-4-21(5-7-22)18-34-13-2-3-14-34)29-27-17-26(36(39)40)10-11-28(27)33-31(29)38/h4-11,16-17,33,38H,2-3,12-15,18-19H2,1H3. The van der Waals surface area contributed by atoms with Crippen molar-refractivity contribution < 1.29 is 14.8 Å². The van der Waals surface area contributed by atoms with Crippen LogP contribution < -0.4 is 0 Å². The lowest BCUT2D eigenvalue weighted by atomic mass is 9.97. The summed E-state index contributed by atoms with van der Waals surface area (Å²) < 4.78 is 0. The fourth-order valence-corrected chi connectivity index (χ4v) is 5.76. The molecule has 204 valence electrons. The molecule has 1 amide bonds. The van der Waals surface area contributed by atoms with Crippen LogP contribution in [-0.2, 0) is 24.3 Å². The summed E-state index contributed by atoms with van der Waals surface area (Å²) >= 11 is 0. The van der Waals surface area contributed by atoms with Crippen molar-refractivity contribution in [3.63, 3.8) is 0 Å². The van der Waals surface area contributed by atoms with Gasteiger partial charge in [-0.15, -0.1) is 0 Å². The number of fused-ring (bicyclic) bond motifs is 2. The van der Waals surface area contributed by atoms with E-state index in [1.807, 2.05) is 35.2 Å². The van der Waals surface area contributed by atoms with Crippen LogP contribution >= 0.6 is 0 Å². The molecule has 40 heavy (non-hydrogen) atoms. The van der Waals surface area contributed by atoms with E-state index in [0.717, 1.165) is 42.7 Å². The molecule has 9 nitrogen and oxygen atoms in total. The smallest absolute Gasteiger partial charge is 0.270 e. The number of amides is 1. The number of likely N-dealkylation sites (tertiary alicyclic amines) is 1. The molecular formula is C31H31N5O4. The van der Waals surface area contributed by atoms with Crippen LogP contribution in [0.2, 0.25) is 0 Å². The first-order valence-electron chi connectivity index (χ1n) is 13.6. The molecule has 1 fully saturated rings. The van der Waals surface area contributed by atoms with Crippen molar-refractivity contribution in [1.82, 2.24) is 14.8 Å². The molecule has 3 heterocycles. The van der Waals surface area contributed by atoms with Crippen molar-refractivity contribution in [2.75, 3.05) is 19.6 Å². The summed E-state index contributed by atoms with van der Waals surface area (Å²) in [6.45, 7) is 5.93. The Labute approximate surface area is 231 Å². The van der Waals surface area contributed by atoms with Crippen LogP contribution in [0.15, 0.2) is 65.7 Å². The molecule has 2 N–H and O–H groups in total. The van der Waals surface area contributed by atoms with Crippen LogP contribution in [0, 0.1) is 10.1 Å². The maximum absolute atomic E-state index is 11.9. The first-order chi connectivity index (χ1) is 19.4. The quantitative estimate of drug-likeness (QED) is 0.193. The highest BCUT2D eigenvalue weighted by Crippen LogP contribution is 2.34. The number of H-pyrrole nitrogens is 1. The van der Waals surface area contributed by atoms with Gasteiger partial charge < -0.3 is 15.0 Å². The molecule has 6 rings (SSSR count). The Hall–Kier alpha value is -4.50. The van der Waals surface area contributed by atoms with E-state index in [-0.39, 0.29) is 17.5 Å². The van der Waals surface area contributed by atoms with Gasteiger partial charge in [0.15, 0.2) is 5.88 Å². The highest BCUT2D eigenvalue weighted by molar-refractivity contribution is 6.22. The first kappa shape index (κ1) is 25.8. The number of hydrogen-bond acceptors (Lipinski definition) is 6. The zero-order chi connectivity index (χ0) is 27.8. The fourth-order valence-electron chi connectivity index (χ4n) is 5.76. The van der Waals surface area contributed by atoms with Crippen LogP contribution in [0.3, 0.4) is 0 Å². The van der Waals surface area contributed by atoms with Crippen molar-refractivity contribution in [2.45, 2.75) is 39.3 Å². The van der Waals surface area contributed by atoms with Gasteiger partial charge in [0.05, 0.1) is 21.9 Å². The van der Waals surface area contributed by atoms with Crippen LogP contribution in [0.25, 0.3) is 10.9 Å². The number of nitrogens with zero attached hydrogens (tertiary/aromatic N) is 4. The first-order valence-corrected chi connectivity index (χ1v) is 13.6. The fraction of sp³-hybridized carbons (Fsp3) is 0.290. The van der Waals surface area contributed by atoms with Gasteiger partial charge in [0, 0.05) is 55.2 Å². The molecule has 0 atom stereocenters. The van der Waals surface area contributed by atoms with E-state index in [4.69, 9.17) is 4.99 Å².